The number of benzene rings is 1. The molecule has 1 fully saturated rings. The minimum atomic E-state index is -0.137. The summed E-state index contributed by atoms with van der Waals surface area (Å²) in [5.41, 5.74) is 2.25. The SMILES string of the molecule is Cc1ccsc1/C=C1\Oc2c(ccc([O-])c2C[NH+]2CCN(C)CC2)C1=O. The molecule has 1 aromatic carbocycles. The number of carbonyl (C=O) groups excluding carboxylic acids is 1. The van der Waals surface area contributed by atoms with Crippen molar-refractivity contribution >= 4 is 23.2 Å². The van der Waals surface area contributed by atoms with Crippen molar-refractivity contribution in [1.29, 1.82) is 0 Å². The third kappa shape index (κ3) is 3.16. The van der Waals surface area contributed by atoms with E-state index in [1.807, 2.05) is 18.4 Å². The molecule has 0 radical (unpaired) electrons. The molecule has 0 saturated carbocycles. The number of quaternary nitrogens is 1. The van der Waals surface area contributed by atoms with Crippen LogP contribution in [0.25, 0.3) is 6.08 Å². The number of rotatable bonds is 3. The van der Waals surface area contributed by atoms with Gasteiger partial charge in [-0.05, 0) is 37.0 Å². The minimum absolute atomic E-state index is 0.0449. The minimum Gasteiger partial charge on any atom is -0.872 e. The molecule has 2 aliphatic rings. The molecule has 6 heteroatoms. The summed E-state index contributed by atoms with van der Waals surface area (Å²) in [6, 6.07) is 5.12. The van der Waals surface area contributed by atoms with Crippen LogP contribution >= 0.6 is 11.3 Å². The summed E-state index contributed by atoms with van der Waals surface area (Å²) in [4.78, 5) is 17.4. The summed E-state index contributed by atoms with van der Waals surface area (Å²) in [5, 5.41) is 14.5. The molecular formula is C20H22N2O3S. The molecule has 26 heavy (non-hydrogen) atoms. The molecule has 0 aliphatic carbocycles. The molecule has 0 unspecified atom stereocenters. The van der Waals surface area contributed by atoms with Crippen LogP contribution in [0.2, 0.25) is 0 Å². The van der Waals surface area contributed by atoms with Crippen LogP contribution in [0.1, 0.15) is 26.4 Å². The van der Waals surface area contributed by atoms with E-state index >= 15 is 0 Å². The Morgan fingerprint density at radius 3 is 2.77 bits per heavy atom. The summed E-state index contributed by atoms with van der Waals surface area (Å²) in [7, 11) is 2.11. The number of ether oxygens (including phenoxy) is 1. The van der Waals surface area contributed by atoms with Crippen molar-refractivity contribution in [3.8, 4) is 11.5 Å². The second-order valence-corrected chi connectivity index (χ2v) is 8.00. The molecular weight excluding hydrogens is 348 g/mol. The van der Waals surface area contributed by atoms with Gasteiger partial charge in [0.2, 0.25) is 5.78 Å². The first-order valence-electron chi connectivity index (χ1n) is 8.86. The molecule has 0 spiro atoms. The van der Waals surface area contributed by atoms with E-state index in [1.165, 1.54) is 11.0 Å². The maximum absolute atomic E-state index is 12.7. The molecule has 1 aromatic heterocycles. The van der Waals surface area contributed by atoms with Gasteiger partial charge in [0.05, 0.1) is 18.7 Å². The highest BCUT2D eigenvalue weighted by Crippen LogP contribution is 2.38. The highest BCUT2D eigenvalue weighted by molar-refractivity contribution is 7.11. The quantitative estimate of drug-likeness (QED) is 0.822. The van der Waals surface area contributed by atoms with Crippen molar-refractivity contribution in [3.63, 3.8) is 0 Å². The maximum Gasteiger partial charge on any atom is 0.232 e. The van der Waals surface area contributed by atoms with E-state index in [-0.39, 0.29) is 11.5 Å². The molecule has 0 amide bonds. The number of piperazine rings is 1. The Labute approximate surface area is 157 Å². The van der Waals surface area contributed by atoms with Gasteiger partial charge in [0, 0.05) is 29.6 Å². The van der Waals surface area contributed by atoms with Gasteiger partial charge in [-0.3, -0.25) is 9.69 Å². The molecule has 0 bridgehead atoms. The largest absolute Gasteiger partial charge is 0.872 e. The average molecular weight is 370 g/mol. The van der Waals surface area contributed by atoms with Crippen molar-refractivity contribution in [1.82, 2.24) is 4.90 Å². The van der Waals surface area contributed by atoms with E-state index in [0.29, 0.717) is 29.2 Å². The van der Waals surface area contributed by atoms with E-state index in [1.54, 1.807) is 23.5 Å². The Kier molecular flexibility index (Phi) is 4.56. The van der Waals surface area contributed by atoms with Crippen LogP contribution in [0.15, 0.2) is 29.3 Å². The van der Waals surface area contributed by atoms with E-state index in [9.17, 15) is 9.90 Å². The zero-order valence-corrected chi connectivity index (χ0v) is 15.8. The first-order valence-corrected chi connectivity index (χ1v) is 9.74. The number of Topliss-reactive ketones (excluding diaryl/α,β-unsaturated/α-hetero) is 1. The van der Waals surface area contributed by atoms with E-state index in [2.05, 4.69) is 11.9 Å². The molecule has 4 rings (SSSR count). The number of thiophene rings is 1. The second kappa shape index (κ2) is 6.87. The highest BCUT2D eigenvalue weighted by atomic mass is 32.1. The van der Waals surface area contributed by atoms with Crippen molar-refractivity contribution in [3.05, 3.63) is 50.9 Å². The molecule has 3 heterocycles. The number of nitrogens with zero attached hydrogens (tertiary/aromatic N) is 1. The van der Waals surface area contributed by atoms with Crippen LogP contribution in [0.4, 0.5) is 0 Å². The van der Waals surface area contributed by atoms with E-state index < -0.39 is 0 Å². The summed E-state index contributed by atoms with van der Waals surface area (Å²) in [6.45, 7) is 6.62. The zero-order valence-electron chi connectivity index (χ0n) is 15.0. The Morgan fingerprint density at radius 2 is 2.08 bits per heavy atom. The average Bonchev–Trinajstić information content (AvgIpc) is 3.17. The van der Waals surface area contributed by atoms with Crippen molar-refractivity contribution in [2.45, 2.75) is 13.5 Å². The Bertz CT molecular complexity index is 879. The molecule has 0 atom stereocenters. The van der Waals surface area contributed by atoms with Crippen LogP contribution < -0.4 is 14.7 Å². The monoisotopic (exact) mass is 370 g/mol. The van der Waals surface area contributed by atoms with Gasteiger partial charge in [-0.1, -0.05) is 11.8 Å². The number of nitrogens with one attached hydrogen (secondary N) is 1. The standard InChI is InChI=1S/C20H22N2O3S/c1-13-5-10-26-18(13)11-17-19(24)14-3-4-16(23)15(20(14)25-17)12-22-8-6-21(2)7-9-22/h3-5,10-11,23H,6-9,12H2,1-2H3/b17-11-. The predicted molar refractivity (Wildman–Crippen MR) is 99.8 cm³/mol. The number of hydrogen-bond acceptors (Lipinski definition) is 5. The zero-order chi connectivity index (χ0) is 18.3. The smallest absolute Gasteiger partial charge is 0.232 e. The number of fused-ring (bicyclic) bond motifs is 1. The molecule has 5 nitrogen and oxygen atoms in total. The summed E-state index contributed by atoms with van der Waals surface area (Å²) < 4.78 is 5.92. The summed E-state index contributed by atoms with van der Waals surface area (Å²) in [5.74, 6) is 0.596. The molecule has 1 saturated heterocycles. The Morgan fingerprint density at radius 1 is 1.31 bits per heavy atom. The third-order valence-corrected chi connectivity index (χ3v) is 6.15. The number of likely N-dealkylation sites (N-methyl/N-ethyl adjacent to an activating group) is 1. The topological polar surface area (TPSA) is 57.0 Å². The fourth-order valence-electron chi connectivity index (χ4n) is 3.47. The van der Waals surface area contributed by atoms with Gasteiger partial charge in [-0.25, -0.2) is 0 Å². The van der Waals surface area contributed by atoms with Gasteiger partial charge in [-0.2, -0.15) is 0 Å². The van der Waals surface area contributed by atoms with Crippen molar-refractivity contribution in [2.24, 2.45) is 0 Å². The molecule has 2 aliphatic heterocycles. The lowest BCUT2D eigenvalue weighted by molar-refractivity contribution is -0.918. The first-order chi connectivity index (χ1) is 12.5. The van der Waals surface area contributed by atoms with Gasteiger partial charge in [0.15, 0.2) is 5.76 Å². The highest BCUT2D eigenvalue weighted by Gasteiger charge is 2.31. The van der Waals surface area contributed by atoms with Crippen LogP contribution in [-0.4, -0.2) is 43.9 Å². The summed E-state index contributed by atoms with van der Waals surface area (Å²) in [6.07, 6.45) is 1.79. The van der Waals surface area contributed by atoms with Crippen LogP contribution in [0.3, 0.4) is 0 Å². The van der Waals surface area contributed by atoms with Gasteiger partial charge in [0.25, 0.3) is 0 Å². The van der Waals surface area contributed by atoms with Crippen LogP contribution in [0, 0.1) is 6.92 Å². The predicted octanol–water partition coefficient (Wildman–Crippen LogP) is 1.08. The molecule has 2 aromatic rings. The number of hydrogen-bond donors (Lipinski definition) is 1. The van der Waals surface area contributed by atoms with Crippen LogP contribution in [-0.2, 0) is 6.54 Å². The fourth-order valence-corrected chi connectivity index (χ4v) is 4.32. The van der Waals surface area contributed by atoms with Gasteiger partial charge in [0.1, 0.15) is 12.3 Å². The Hall–Kier alpha value is -2.15. The van der Waals surface area contributed by atoms with Crippen LogP contribution in [0.5, 0.6) is 11.5 Å². The first kappa shape index (κ1) is 17.3. The third-order valence-electron chi connectivity index (χ3n) is 5.18. The van der Waals surface area contributed by atoms with Gasteiger partial charge in [-0.15, -0.1) is 11.3 Å². The second-order valence-electron chi connectivity index (χ2n) is 7.06. The maximum atomic E-state index is 12.7. The van der Waals surface area contributed by atoms with Crippen molar-refractivity contribution in [2.75, 3.05) is 33.2 Å². The lowest BCUT2D eigenvalue weighted by Crippen LogP contribution is -3.13. The molecule has 1 N–H and O–H groups in total. The number of allylic oxidation sites excluding steroid dienone is 1. The van der Waals surface area contributed by atoms with E-state index in [0.717, 1.165) is 36.6 Å². The lowest BCUT2D eigenvalue weighted by Gasteiger charge is -2.30. The normalized spacial score (nSPS) is 19.8. The number of aryl methyl sites for hydroxylation is 1. The fraction of sp³-hybridized carbons (Fsp3) is 0.350. The summed E-state index contributed by atoms with van der Waals surface area (Å²) >= 11 is 1.57. The van der Waals surface area contributed by atoms with Gasteiger partial charge >= 0.3 is 0 Å². The number of carbonyl (C=O) groups is 1. The van der Waals surface area contributed by atoms with Crippen molar-refractivity contribution < 1.29 is 19.5 Å². The Balaban J connectivity index is 1.63. The number of ketones is 1. The molecule has 136 valence electrons. The van der Waals surface area contributed by atoms with E-state index in [4.69, 9.17) is 4.74 Å². The lowest BCUT2D eigenvalue weighted by atomic mass is 10.0. The van der Waals surface area contributed by atoms with Gasteiger partial charge < -0.3 is 14.7 Å².